The third kappa shape index (κ3) is 6.52. The van der Waals surface area contributed by atoms with Crippen LogP contribution in [0.25, 0.3) is 0 Å². The summed E-state index contributed by atoms with van der Waals surface area (Å²) in [6.07, 6.45) is 1.54. The minimum Gasteiger partial charge on any atom is -0.368 e. The second-order valence-corrected chi connectivity index (χ2v) is 8.71. The van der Waals surface area contributed by atoms with E-state index in [1.165, 1.54) is 4.90 Å². The van der Waals surface area contributed by atoms with E-state index in [0.717, 1.165) is 5.56 Å². The maximum absolute atomic E-state index is 12.5. The standard InChI is InChI=1S/C23H28N6O2/c1-23(2,3)16-26-21-18(12-25-22(24)27-21)10-7-11-29-19(30)14-28(15-20(29)31)13-17-8-5-4-6-9-17/h4-6,8-9,12H,11,13-16H2,1-3H3,(H3,24,25,26,27). The summed E-state index contributed by atoms with van der Waals surface area (Å²) in [4.78, 5) is 36.3. The highest BCUT2D eigenvalue weighted by molar-refractivity contribution is 5.99. The highest BCUT2D eigenvalue weighted by Gasteiger charge is 2.30. The summed E-state index contributed by atoms with van der Waals surface area (Å²) in [6.45, 7) is 7.94. The summed E-state index contributed by atoms with van der Waals surface area (Å²) in [5.41, 5.74) is 7.38. The average Bonchev–Trinajstić information content (AvgIpc) is 2.70. The predicted octanol–water partition coefficient (Wildman–Crippen LogP) is 1.74. The number of benzene rings is 1. The Morgan fingerprint density at radius 2 is 1.81 bits per heavy atom. The monoisotopic (exact) mass is 420 g/mol. The molecule has 8 heteroatoms. The van der Waals surface area contributed by atoms with Crippen LogP contribution in [0.15, 0.2) is 36.5 Å². The number of carbonyl (C=O) groups is 2. The minimum absolute atomic E-state index is 0.0277. The van der Waals surface area contributed by atoms with Crippen molar-refractivity contribution in [1.29, 1.82) is 0 Å². The first-order chi connectivity index (χ1) is 14.7. The van der Waals surface area contributed by atoms with Gasteiger partial charge in [-0.3, -0.25) is 19.4 Å². The first kappa shape index (κ1) is 22.2. The molecule has 3 N–H and O–H groups in total. The van der Waals surface area contributed by atoms with Crippen molar-refractivity contribution in [3.8, 4) is 11.8 Å². The highest BCUT2D eigenvalue weighted by Crippen LogP contribution is 2.17. The van der Waals surface area contributed by atoms with E-state index >= 15 is 0 Å². The average molecular weight is 421 g/mol. The van der Waals surface area contributed by atoms with Gasteiger partial charge in [-0.1, -0.05) is 62.9 Å². The summed E-state index contributed by atoms with van der Waals surface area (Å²) < 4.78 is 0. The number of hydrogen-bond acceptors (Lipinski definition) is 7. The van der Waals surface area contributed by atoms with Crippen molar-refractivity contribution in [2.45, 2.75) is 27.3 Å². The van der Waals surface area contributed by atoms with E-state index in [9.17, 15) is 9.59 Å². The lowest BCUT2D eigenvalue weighted by Gasteiger charge is -2.31. The van der Waals surface area contributed by atoms with Crippen LogP contribution in [0.4, 0.5) is 11.8 Å². The van der Waals surface area contributed by atoms with Crippen molar-refractivity contribution < 1.29 is 9.59 Å². The predicted molar refractivity (Wildman–Crippen MR) is 120 cm³/mol. The fourth-order valence-electron chi connectivity index (χ4n) is 3.06. The van der Waals surface area contributed by atoms with Crippen LogP contribution in [0.3, 0.4) is 0 Å². The number of amides is 2. The van der Waals surface area contributed by atoms with Crippen molar-refractivity contribution in [3.05, 3.63) is 47.7 Å². The molecule has 31 heavy (non-hydrogen) atoms. The fourth-order valence-corrected chi connectivity index (χ4v) is 3.06. The van der Waals surface area contributed by atoms with Gasteiger partial charge in [0.2, 0.25) is 17.8 Å². The van der Waals surface area contributed by atoms with Crippen LogP contribution < -0.4 is 11.1 Å². The number of aromatic nitrogens is 2. The van der Waals surface area contributed by atoms with Crippen molar-refractivity contribution in [3.63, 3.8) is 0 Å². The number of hydrogen-bond donors (Lipinski definition) is 2. The third-order valence-electron chi connectivity index (χ3n) is 4.62. The summed E-state index contributed by atoms with van der Waals surface area (Å²) in [5.74, 6) is 6.07. The molecule has 1 aromatic carbocycles. The van der Waals surface area contributed by atoms with Crippen LogP contribution in [0, 0.1) is 17.3 Å². The Morgan fingerprint density at radius 3 is 2.45 bits per heavy atom. The number of anilines is 2. The van der Waals surface area contributed by atoms with Gasteiger partial charge >= 0.3 is 0 Å². The molecule has 1 aliphatic heterocycles. The van der Waals surface area contributed by atoms with Gasteiger partial charge in [-0.25, -0.2) is 4.98 Å². The summed E-state index contributed by atoms with van der Waals surface area (Å²) >= 11 is 0. The highest BCUT2D eigenvalue weighted by atomic mass is 16.2. The smallest absolute Gasteiger partial charge is 0.244 e. The van der Waals surface area contributed by atoms with Crippen LogP contribution in [-0.4, -0.2) is 57.8 Å². The molecule has 2 amide bonds. The lowest BCUT2D eigenvalue weighted by atomic mass is 9.97. The van der Waals surface area contributed by atoms with Gasteiger partial charge in [0, 0.05) is 13.1 Å². The van der Waals surface area contributed by atoms with Gasteiger partial charge in [-0.05, 0) is 11.0 Å². The van der Waals surface area contributed by atoms with E-state index in [2.05, 4.69) is 47.9 Å². The Hall–Kier alpha value is -3.44. The van der Waals surface area contributed by atoms with E-state index in [-0.39, 0.29) is 42.8 Å². The Morgan fingerprint density at radius 1 is 1.13 bits per heavy atom. The van der Waals surface area contributed by atoms with Gasteiger partial charge in [0.05, 0.1) is 31.4 Å². The molecule has 1 saturated heterocycles. The van der Waals surface area contributed by atoms with Gasteiger partial charge in [0.15, 0.2) is 0 Å². The molecule has 162 valence electrons. The van der Waals surface area contributed by atoms with Gasteiger partial charge in [-0.15, -0.1) is 0 Å². The molecule has 1 aliphatic rings. The maximum Gasteiger partial charge on any atom is 0.244 e. The summed E-state index contributed by atoms with van der Waals surface area (Å²) in [7, 11) is 0. The first-order valence-electron chi connectivity index (χ1n) is 10.2. The number of rotatable bonds is 5. The molecule has 0 unspecified atom stereocenters. The lowest BCUT2D eigenvalue weighted by molar-refractivity contribution is -0.150. The molecule has 0 bridgehead atoms. The Bertz CT molecular complexity index is 986. The van der Waals surface area contributed by atoms with Crippen LogP contribution in [-0.2, 0) is 16.1 Å². The quantitative estimate of drug-likeness (QED) is 0.561. The van der Waals surface area contributed by atoms with Gasteiger partial charge < -0.3 is 11.1 Å². The largest absolute Gasteiger partial charge is 0.368 e. The second kappa shape index (κ2) is 9.58. The Balaban J connectivity index is 1.63. The summed E-state index contributed by atoms with van der Waals surface area (Å²) in [5, 5.41) is 3.24. The molecule has 8 nitrogen and oxygen atoms in total. The third-order valence-corrected chi connectivity index (χ3v) is 4.62. The zero-order valence-electron chi connectivity index (χ0n) is 18.2. The molecule has 0 atom stereocenters. The zero-order valence-corrected chi connectivity index (χ0v) is 18.2. The molecule has 0 aliphatic carbocycles. The van der Waals surface area contributed by atoms with Crippen LogP contribution in [0.1, 0.15) is 31.9 Å². The fraction of sp³-hybridized carbons (Fsp3) is 0.391. The van der Waals surface area contributed by atoms with Crippen molar-refractivity contribution in [2.24, 2.45) is 5.41 Å². The normalized spacial score (nSPS) is 14.9. The molecule has 0 spiro atoms. The van der Waals surface area contributed by atoms with Crippen molar-refractivity contribution >= 4 is 23.6 Å². The SMILES string of the molecule is CC(C)(C)CNc1nc(N)ncc1C#CCN1C(=O)CN(Cc2ccccc2)CC1=O. The zero-order chi connectivity index (χ0) is 22.4. The number of nitrogens with zero attached hydrogens (tertiary/aromatic N) is 4. The number of nitrogen functional groups attached to an aromatic ring is 1. The minimum atomic E-state index is -0.249. The molecule has 3 rings (SSSR count). The molecule has 2 aromatic rings. The molecule has 2 heterocycles. The second-order valence-electron chi connectivity index (χ2n) is 8.71. The van der Waals surface area contributed by atoms with E-state index in [1.54, 1.807) is 6.20 Å². The molecule has 0 radical (unpaired) electrons. The molecule has 1 aromatic heterocycles. The number of carbonyl (C=O) groups excluding carboxylic acids is 2. The van der Waals surface area contributed by atoms with Gasteiger partial charge in [0.1, 0.15) is 5.82 Å². The lowest BCUT2D eigenvalue weighted by Crippen LogP contribution is -2.53. The topological polar surface area (TPSA) is 104 Å². The Labute approximate surface area is 182 Å². The number of imide groups is 1. The van der Waals surface area contributed by atoms with E-state index in [4.69, 9.17) is 5.73 Å². The summed E-state index contributed by atoms with van der Waals surface area (Å²) in [6, 6.07) is 9.78. The van der Waals surface area contributed by atoms with E-state index in [0.29, 0.717) is 24.5 Å². The Kier molecular flexibility index (Phi) is 6.88. The maximum atomic E-state index is 12.5. The van der Waals surface area contributed by atoms with Crippen molar-refractivity contribution in [2.75, 3.05) is 37.2 Å². The molecule has 0 saturated carbocycles. The van der Waals surface area contributed by atoms with E-state index < -0.39 is 0 Å². The van der Waals surface area contributed by atoms with Crippen LogP contribution in [0.5, 0.6) is 0 Å². The van der Waals surface area contributed by atoms with E-state index in [1.807, 2.05) is 35.2 Å². The van der Waals surface area contributed by atoms with Gasteiger partial charge in [-0.2, -0.15) is 4.98 Å². The molecule has 1 fully saturated rings. The first-order valence-corrected chi connectivity index (χ1v) is 10.2. The molecular formula is C23H28N6O2. The van der Waals surface area contributed by atoms with Gasteiger partial charge in [0.25, 0.3) is 0 Å². The number of nitrogens with one attached hydrogen (secondary N) is 1. The molecular weight excluding hydrogens is 392 g/mol. The van der Waals surface area contributed by atoms with Crippen LogP contribution >= 0.6 is 0 Å². The van der Waals surface area contributed by atoms with Crippen molar-refractivity contribution in [1.82, 2.24) is 19.8 Å². The number of piperazine rings is 1. The van der Waals surface area contributed by atoms with Crippen LogP contribution in [0.2, 0.25) is 0 Å². The number of nitrogens with two attached hydrogens (primary N) is 1.